The second-order valence-electron chi connectivity index (χ2n) is 4.92. The van der Waals surface area contributed by atoms with Crippen LogP contribution in [0.25, 0.3) is 0 Å². The molecule has 1 amide bonds. The highest BCUT2D eigenvalue weighted by Crippen LogP contribution is 2.38. The minimum atomic E-state index is -0.0641. The number of hydrogen-bond donors (Lipinski definition) is 1. The third-order valence-corrected chi connectivity index (χ3v) is 4.82. The lowest BCUT2D eigenvalue weighted by molar-refractivity contribution is -0.115. The summed E-state index contributed by atoms with van der Waals surface area (Å²) in [7, 11) is 0. The minimum Gasteiger partial charge on any atom is -0.325 e. The summed E-state index contributed by atoms with van der Waals surface area (Å²) in [4.78, 5) is 13.5. The fourth-order valence-corrected chi connectivity index (χ4v) is 3.75. The lowest BCUT2D eigenvalue weighted by Gasteiger charge is -2.10. The van der Waals surface area contributed by atoms with E-state index in [9.17, 15) is 4.79 Å². The molecular weight excluding hydrogens is 290 g/mol. The predicted molar refractivity (Wildman–Crippen MR) is 84.6 cm³/mol. The Morgan fingerprint density at radius 3 is 2.95 bits per heavy atom. The number of anilines is 1. The van der Waals surface area contributed by atoms with Gasteiger partial charge in [-0.15, -0.1) is 11.8 Å². The van der Waals surface area contributed by atoms with Gasteiger partial charge in [0.2, 0.25) is 5.91 Å². The van der Waals surface area contributed by atoms with Crippen LogP contribution in [0.5, 0.6) is 0 Å². The van der Waals surface area contributed by atoms with Crippen LogP contribution in [0.4, 0.5) is 5.69 Å². The summed E-state index contributed by atoms with van der Waals surface area (Å²) in [6.07, 6.45) is 0.784. The molecule has 1 aliphatic heterocycles. The van der Waals surface area contributed by atoms with Crippen molar-refractivity contribution < 1.29 is 4.79 Å². The minimum absolute atomic E-state index is 0.0334. The highest BCUT2D eigenvalue weighted by molar-refractivity contribution is 8.01. The molecule has 0 radical (unpaired) electrons. The molecule has 3 rings (SSSR count). The van der Waals surface area contributed by atoms with Gasteiger partial charge in [0.05, 0.1) is 5.25 Å². The van der Waals surface area contributed by atoms with Crippen molar-refractivity contribution in [2.45, 2.75) is 23.5 Å². The van der Waals surface area contributed by atoms with Gasteiger partial charge in [-0.25, -0.2) is 0 Å². The summed E-state index contributed by atoms with van der Waals surface area (Å²) in [5.74, 6) is 0.0334. The van der Waals surface area contributed by atoms with Gasteiger partial charge in [0.1, 0.15) is 0 Å². The summed E-state index contributed by atoms with van der Waals surface area (Å²) in [6.45, 7) is 2.07. The molecule has 0 aliphatic carbocycles. The van der Waals surface area contributed by atoms with Crippen molar-refractivity contribution in [2.75, 3.05) is 5.32 Å². The van der Waals surface area contributed by atoms with E-state index in [1.54, 1.807) is 23.9 Å². The molecule has 0 spiro atoms. The number of carbonyl (C=O) groups is 1. The van der Waals surface area contributed by atoms with E-state index in [1.165, 1.54) is 16.0 Å². The Hall–Kier alpha value is -1.45. The van der Waals surface area contributed by atoms with E-state index in [0.29, 0.717) is 5.02 Å². The SMILES string of the molecule is Cc1ccc2c(c1)S[C@@H](C(=O)Nc1cccc(Cl)c1)C2. The second-order valence-corrected chi connectivity index (χ2v) is 6.60. The first kappa shape index (κ1) is 13.5. The van der Waals surface area contributed by atoms with Crippen molar-refractivity contribution in [2.24, 2.45) is 0 Å². The average molecular weight is 304 g/mol. The highest BCUT2D eigenvalue weighted by atomic mass is 35.5. The Morgan fingerprint density at radius 1 is 1.30 bits per heavy atom. The Balaban J connectivity index is 1.71. The zero-order valence-electron chi connectivity index (χ0n) is 11.0. The first-order chi connectivity index (χ1) is 9.61. The fourth-order valence-electron chi connectivity index (χ4n) is 2.27. The van der Waals surface area contributed by atoms with E-state index in [2.05, 4.69) is 30.4 Å². The number of carbonyl (C=O) groups excluding carboxylic acids is 1. The number of nitrogens with one attached hydrogen (secondary N) is 1. The Morgan fingerprint density at radius 2 is 2.15 bits per heavy atom. The lowest BCUT2D eigenvalue weighted by Crippen LogP contribution is -2.24. The van der Waals surface area contributed by atoms with Gasteiger partial charge in [-0.3, -0.25) is 4.79 Å². The standard InChI is InChI=1S/C16H14ClNOS/c1-10-5-6-11-8-15(20-14(11)7-10)16(19)18-13-4-2-3-12(17)9-13/h2-7,9,15H,8H2,1H3,(H,18,19)/t15-/m1/s1. The van der Waals surface area contributed by atoms with E-state index in [0.717, 1.165) is 12.1 Å². The van der Waals surface area contributed by atoms with Gasteiger partial charge >= 0.3 is 0 Å². The lowest BCUT2D eigenvalue weighted by atomic mass is 10.1. The van der Waals surface area contributed by atoms with Gasteiger partial charge in [-0.05, 0) is 43.2 Å². The maximum Gasteiger partial charge on any atom is 0.238 e. The zero-order valence-corrected chi connectivity index (χ0v) is 12.6. The van der Waals surface area contributed by atoms with Crippen LogP contribution in [0, 0.1) is 6.92 Å². The number of benzene rings is 2. The van der Waals surface area contributed by atoms with Gasteiger partial charge in [0.25, 0.3) is 0 Å². The van der Waals surface area contributed by atoms with Crippen molar-refractivity contribution in [1.82, 2.24) is 0 Å². The summed E-state index contributed by atoms with van der Waals surface area (Å²) in [5, 5.41) is 3.49. The Bertz CT molecular complexity index is 671. The zero-order chi connectivity index (χ0) is 14.1. The third kappa shape index (κ3) is 2.84. The van der Waals surface area contributed by atoms with E-state index < -0.39 is 0 Å². The van der Waals surface area contributed by atoms with E-state index in [1.807, 2.05) is 12.1 Å². The molecule has 0 unspecified atom stereocenters. The van der Waals surface area contributed by atoms with Crippen molar-refractivity contribution in [3.8, 4) is 0 Å². The number of thioether (sulfide) groups is 1. The van der Waals surface area contributed by atoms with Crippen LogP contribution in [-0.4, -0.2) is 11.2 Å². The summed E-state index contributed by atoms with van der Waals surface area (Å²) in [5.41, 5.74) is 3.23. The number of hydrogen-bond acceptors (Lipinski definition) is 2. The van der Waals surface area contributed by atoms with Crippen molar-refractivity contribution in [3.63, 3.8) is 0 Å². The molecule has 1 aliphatic rings. The maximum absolute atomic E-state index is 12.3. The van der Waals surface area contributed by atoms with Crippen molar-refractivity contribution in [3.05, 3.63) is 58.6 Å². The molecule has 1 heterocycles. The molecule has 2 nitrogen and oxygen atoms in total. The summed E-state index contributed by atoms with van der Waals surface area (Å²) in [6, 6.07) is 13.6. The van der Waals surface area contributed by atoms with Gasteiger partial charge < -0.3 is 5.32 Å². The third-order valence-electron chi connectivity index (χ3n) is 3.28. The van der Waals surface area contributed by atoms with Crippen LogP contribution in [0.3, 0.4) is 0 Å². The average Bonchev–Trinajstić information content (AvgIpc) is 2.81. The molecule has 4 heteroatoms. The van der Waals surface area contributed by atoms with Crippen LogP contribution in [0.1, 0.15) is 11.1 Å². The largest absolute Gasteiger partial charge is 0.325 e. The number of aryl methyl sites for hydroxylation is 1. The molecule has 0 saturated carbocycles. The molecule has 1 N–H and O–H groups in total. The first-order valence-corrected chi connectivity index (χ1v) is 7.70. The molecular formula is C16H14ClNOS. The van der Waals surface area contributed by atoms with Crippen LogP contribution >= 0.6 is 23.4 Å². The Labute approximate surface area is 127 Å². The molecule has 0 fully saturated rings. The van der Waals surface area contributed by atoms with Crippen LogP contribution in [0.15, 0.2) is 47.4 Å². The van der Waals surface area contributed by atoms with Crippen LogP contribution in [0.2, 0.25) is 5.02 Å². The van der Waals surface area contributed by atoms with Gasteiger partial charge in [0.15, 0.2) is 0 Å². The molecule has 0 aromatic heterocycles. The monoisotopic (exact) mass is 303 g/mol. The topological polar surface area (TPSA) is 29.1 Å². The second kappa shape index (κ2) is 5.51. The van der Waals surface area contributed by atoms with Gasteiger partial charge in [-0.2, -0.15) is 0 Å². The molecule has 0 saturated heterocycles. The summed E-state index contributed by atoms with van der Waals surface area (Å²) < 4.78 is 0. The normalized spacial score (nSPS) is 16.8. The number of fused-ring (bicyclic) bond motifs is 1. The van der Waals surface area contributed by atoms with E-state index in [4.69, 9.17) is 11.6 Å². The molecule has 0 bridgehead atoms. The van der Waals surface area contributed by atoms with E-state index in [-0.39, 0.29) is 11.2 Å². The number of amides is 1. The fraction of sp³-hybridized carbons (Fsp3) is 0.188. The van der Waals surface area contributed by atoms with Crippen LogP contribution < -0.4 is 5.32 Å². The van der Waals surface area contributed by atoms with Crippen molar-refractivity contribution in [1.29, 1.82) is 0 Å². The quantitative estimate of drug-likeness (QED) is 0.896. The first-order valence-electron chi connectivity index (χ1n) is 6.44. The van der Waals surface area contributed by atoms with Gasteiger partial charge in [0, 0.05) is 15.6 Å². The van der Waals surface area contributed by atoms with Gasteiger partial charge in [-0.1, -0.05) is 35.4 Å². The summed E-state index contributed by atoms with van der Waals surface area (Å²) >= 11 is 7.56. The molecule has 2 aromatic carbocycles. The molecule has 1 atom stereocenters. The maximum atomic E-state index is 12.3. The molecule has 102 valence electrons. The molecule has 2 aromatic rings. The van der Waals surface area contributed by atoms with Crippen molar-refractivity contribution >= 4 is 35.0 Å². The Kier molecular flexibility index (Phi) is 3.72. The predicted octanol–water partition coefficient (Wildman–Crippen LogP) is 4.30. The van der Waals surface area contributed by atoms with Crippen LogP contribution in [-0.2, 0) is 11.2 Å². The smallest absolute Gasteiger partial charge is 0.238 e. The van der Waals surface area contributed by atoms with E-state index >= 15 is 0 Å². The molecule has 20 heavy (non-hydrogen) atoms. The highest BCUT2D eigenvalue weighted by Gasteiger charge is 2.28. The number of rotatable bonds is 2. The number of halogens is 1.